The van der Waals surface area contributed by atoms with E-state index >= 15 is 0 Å². The molecule has 0 spiro atoms. The predicted molar refractivity (Wildman–Crippen MR) is 45.3 cm³/mol. The third-order valence-electron chi connectivity index (χ3n) is 1.58. The minimum Gasteiger partial charge on any atom is -0.353 e. The van der Waals surface area contributed by atoms with Crippen LogP contribution in [0, 0.1) is 0 Å². The molecule has 1 fully saturated rings. The van der Waals surface area contributed by atoms with Gasteiger partial charge in [0.25, 0.3) is 0 Å². The number of halogens is 2. The van der Waals surface area contributed by atoms with Crippen molar-refractivity contribution in [1.82, 2.24) is 0 Å². The number of ether oxygens (including phenoxy) is 2. The third kappa shape index (κ3) is 3.16. The van der Waals surface area contributed by atoms with Gasteiger partial charge in [-0.3, -0.25) is 0 Å². The fourth-order valence-electron chi connectivity index (χ4n) is 0.984. The Kier molecular flexibility index (Phi) is 4.53. The zero-order valence-corrected chi connectivity index (χ0v) is 7.77. The number of alkyl halides is 2. The van der Waals surface area contributed by atoms with Crippen LogP contribution in [0.25, 0.3) is 0 Å². The van der Waals surface area contributed by atoms with E-state index < -0.39 is 0 Å². The number of hydrogen-bond acceptors (Lipinski definition) is 2. The van der Waals surface area contributed by atoms with Gasteiger partial charge in [-0.25, -0.2) is 0 Å². The molecule has 1 aliphatic heterocycles. The summed E-state index contributed by atoms with van der Waals surface area (Å²) in [4.78, 5) is 0. The first-order valence-electron chi connectivity index (χ1n) is 3.76. The lowest BCUT2D eigenvalue weighted by molar-refractivity contribution is -0.132. The Morgan fingerprint density at radius 2 is 2.18 bits per heavy atom. The molecule has 0 aromatic heterocycles. The van der Waals surface area contributed by atoms with Gasteiger partial charge in [-0.1, -0.05) is 0 Å². The fourth-order valence-corrected chi connectivity index (χ4v) is 1.46. The van der Waals surface area contributed by atoms with Crippen molar-refractivity contribution in [2.24, 2.45) is 0 Å². The average molecular weight is 199 g/mol. The fraction of sp³-hybridized carbons (Fsp3) is 1.00. The van der Waals surface area contributed by atoms with Crippen molar-refractivity contribution < 1.29 is 9.47 Å². The van der Waals surface area contributed by atoms with Crippen LogP contribution in [0.1, 0.15) is 12.8 Å². The molecule has 1 unspecified atom stereocenters. The first kappa shape index (κ1) is 9.59. The van der Waals surface area contributed by atoms with E-state index in [9.17, 15) is 0 Å². The van der Waals surface area contributed by atoms with Crippen molar-refractivity contribution in [3.05, 3.63) is 0 Å². The molecule has 1 atom stereocenters. The molecule has 0 amide bonds. The van der Waals surface area contributed by atoms with Crippen molar-refractivity contribution >= 4 is 23.2 Å². The van der Waals surface area contributed by atoms with E-state index in [2.05, 4.69) is 0 Å². The van der Waals surface area contributed by atoms with Gasteiger partial charge in [0.05, 0.1) is 6.10 Å². The van der Waals surface area contributed by atoms with Gasteiger partial charge >= 0.3 is 0 Å². The van der Waals surface area contributed by atoms with Crippen LogP contribution < -0.4 is 0 Å². The molecule has 1 rings (SSSR count). The van der Waals surface area contributed by atoms with Crippen molar-refractivity contribution in [3.8, 4) is 0 Å². The molecular weight excluding hydrogens is 187 g/mol. The van der Waals surface area contributed by atoms with Crippen LogP contribution in [-0.2, 0) is 9.47 Å². The van der Waals surface area contributed by atoms with Gasteiger partial charge in [-0.2, -0.15) is 0 Å². The predicted octanol–water partition coefficient (Wildman–Crippen LogP) is 1.99. The zero-order chi connectivity index (χ0) is 8.10. The van der Waals surface area contributed by atoms with Crippen LogP contribution in [0.3, 0.4) is 0 Å². The smallest absolute Gasteiger partial charge is 0.158 e. The van der Waals surface area contributed by atoms with Crippen LogP contribution in [0.5, 0.6) is 0 Å². The summed E-state index contributed by atoms with van der Waals surface area (Å²) in [5.41, 5.74) is 0. The second-order valence-electron chi connectivity index (χ2n) is 2.51. The molecule has 0 radical (unpaired) electrons. The molecule has 1 aliphatic rings. The van der Waals surface area contributed by atoms with Crippen LogP contribution in [0.4, 0.5) is 0 Å². The molecule has 2 nitrogen and oxygen atoms in total. The number of rotatable bonds is 4. The molecule has 4 heteroatoms. The molecule has 0 saturated carbocycles. The third-order valence-corrected chi connectivity index (χ3v) is 2.26. The molecule has 0 aliphatic carbocycles. The average Bonchev–Trinajstić information content (AvgIpc) is 2.52. The summed E-state index contributed by atoms with van der Waals surface area (Å²) >= 11 is 11.2. The Hall–Kier alpha value is 0.500. The van der Waals surface area contributed by atoms with Gasteiger partial charge in [0.2, 0.25) is 0 Å². The summed E-state index contributed by atoms with van der Waals surface area (Å²) in [6.45, 7) is 0.794. The van der Waals surface area contributed by atoms with E-state index in [-0.39, 0.29) is 12.4 Å². The lowest BCUT2D eigenvalue weighted by Crippen LogP contribution is -2.24. The summed E-state index contributed by atoms with van der Waals surface area (Å²) < 4.78 is 10.7. The van der Waals surface area contributed by atoms with Gasteiger partial charge in [-0.05, 0) is 6.42 Å². The normalized spacial score (nSPS) is 24.8. The minimum atomic E-state index is -0.0718. The van der Waals surface area contributed by atoms with Gasteiger partial charge in [0.1, 0.15) is 0 Å². The molecule has 1 heterocycles. The highest BCUT2D eigenvalue weighted by Crippen LogP contribution is 2.15. The summed E-state index contributed by atoms with van der Waals surface area (Å²) in [7, 11) is 0. The monoisotopic (exact) mass is 198 g/mol. The highest BCUT2D eigenvalue weighted by molar-refractivity contribution is 6.21. The maximum absolute atomic E-state index is 5.58. The molecule has 0 bridgehead atoms. The highest BCUT2D eigenvalue weighted by atomic mass is 35.5. The lowest BCUT2D eigenvalue weighted by Gasteiger charge is -2.16. The quantitative estimate of drug-likeness (QED) is 0.644. The second kappa shape index (κ2) is 5.20. The Morgan fingerprint density at radius 1 is 1.45 bits per heavy atom. The molecule has 0 aromatic carbocycles. The Labute approximate surface area is 76.8 Å². The first-order valence-corrected chi connectivity index (χ1v) is 4.82. The van der Waals surface area contributed by atoms with Crippen LogP contribution in [-0.4, -0.2) is 30.8 Å². The van der Waals surface area contributed by atoms with Gasteiger partial charge in [0.15, 0.2) is 6.29 Å². The zero-order valence-electron chi connectivity index (χ0n) is 6.26. The maximum atomic E-state index is 5.58. The van der Waals surface area contributed by atoms with Crippen LogP contribution in [0.2, 0.25) is 0 Å². The Balaban J connectivity index is 2.16. The van der Waals surface area contributed by atoms with E-state index in [0.29, 0.717) is 11.8 Å². The van der Waals surface area contributed by atoms with E-state index in [1.807, 2.05) is 0 Å². The molecule has 66 valence electrons. The molecule has 1 saturated heterocycles. The van der Waals surface area contributed by atoms with E-state index in [4.69, 9.17) is 32.7 Å². The minimum absolute atomic E-state index is 0.0681. The van der Waals surface area contributed by atoms with Gasteiger partial charge < -0.3 is 9.47 Å². The number of hydrogen-bond donors (Lipinski definition) is 0. The topological polar surface area (TPSA) is 18.5 Å². The summed E-state index contributed by atoms with van der Waals surface area (Å²) in [5.74, 6) is 0.868. The lowest BCUT2D eigenvalue weighted by atomic mass is 10.3. The molecular formula is C7H12Cl2O2. The van der Waals surface area contributed by atoms with E-state index in [1.54, 1.807) is 0 Å². The Bertz CT molecular complexity index is 101. The SMILES string of the molecule is ClCC(CCl)OC1CCCO1. The van der Waals surface area contributed by atoms with Crippen molar-refractivity contribution in [2.75, 3.05) is 18.4 Å². The van der Waals surface area contributed by atoms with Crippen LogP contribution in [0.15, 0.2) is 0 Å². The molecule has 0 N–H and O–H groups in total. The molecule has 11 heavy (non-hydrogen) atoms. The summed E-state index contributed by atoms with van der Waals surface area (Å²) in [6, 6.07) is 0. The standard InChI is InChI=1S/C7H12Cl2O2/c8-4-6(5-9)11-7-2-1-3-10-7/h6-7H,1-5H2. The van der Waals surface area contributed by atoms with Crippen molar-refractivity contribution in [2.45, 2.75) is 25.2 Å². The maximum Gasteiger partial charge on any atom is 0.158 e. The van der Waals surface area contributed by atoms with Gasteiger partial charge in [-0.15, -0.1) is 23.2 Å². The summed E-state index contributed by atoms with van der Waals surface area (Å²) in [5, 5.41) is 0. The van der Waals surface area contributed by atoms with E-state index in [1.165, 1.54) is 0 Å². The van der Waals surface area contributed by atoms with Crippen molar-refractivity contribution in [3.63, 3.8) is 0 Å². The summed E-state index contributed by atoms with van der Waals surface area (Å²) in [6.07, 6.45) is 1.89. The molecule has 0 aromatic rings. The van der Waals surface area contributed by atoms with Gasteiger partial charge in [0, 0.05) is 24.8 Å². The Morgan fingerprint density at radius 3 is 2.64 bits per heavy atom. The van der Waals surface area contributed by atoms with Crippen LogP contribution >= 0.6 is 23.2 Å². The second-order valence-corrected chi connectivity index (χ2v) is 3.13. The van der Waals surface area contributed by atoms with E-state index in [0.717, 1.165) is 19.4 Å². The highest BCUT2D eigenvalue weighted by Gasteiger charge is 2.19. The van der Waals surface area contributed by atoms with Crippen molar-refractivity contribution in [1.29, 1.82) is 0 Å². The largest absolute Gasteiger partial charge is 0.353 e. The first-order chi connectivity index (χ1) is 5.36.